The van der Waals surface area contributed by atoms with E-state index in [2.05, 4.69) is 27.9 Å². The Hall–Kier alpha value is -2.06. The average Bonchev–Trinajstić information content (AvgIpc) is 2.80. The quantitative estimate of drug-likeness (QED) is 0.543. The van der Waals surface area contributed by atoms with Crippen LogP contribution in [0.25, 0.3) is 0 Å². The Morgan fingerprint density at radius 2 is 1.76 bits per heavy atom. The summed E-state index contributed by atoms with van der Waals surface area (Å²) in [4.78, 5) is 26.4. The van der Waals surface area contributed by atoms with Crippen molar-refractivity contribution in [2.75, 3.05) is 17.3 Å². The summed E-state index contributed by atoms with van der Waals surface area (Å²) in [7, 11) is 1.57. The zero-order chi connectivity index (χ0) is 18.1. The van der Waals surface area contributed by atoms with Crippen molar-refractivity contribution in [1.82, 2.24) is 0 Å². The first-order valence-electron chi connectivity index (χ1n) is 7.38. The summed E-state index contributed by atoms with van der Waals surface area (Å²) in [5.41, 5.74) is 2.05. The molecule has 5 nitrogen and oxygen atoms in total. The largest absolute Gasteiger partial charge is 0.497 e. The van der Waals surface area contributed by atoms with Crippen LogP contribution < -0.4 is 15.0 Å². The third-order valence-corrected chi connectivity index (χ3v) is 4.81. The van der Waals surface area contributed by atoms with E-state index < -0.39 is 11.8 Å². The number of nitrogens with zero attached hydrogens (tertiary/aromatic N) is 1. The molecule has 0 aromatic heterocycles. The molecule has 0 radical (unpaired) electrons. The monoisotopic (exact) mass is 468 g/mol. The van der Waals surface area contributed by atoms with Crippen LogP contribution in [0.15, 0.2) is 53.2 Å². The van der Waals surface area contributed by atoms with Crippen LogP contribution >= 0.6 is 34.2 Å². The number of amides is 2. The molecule has 0 fully saturated rings. The van der Waals surface area contributed by atoms with Crippen LogP contribution in [-0.2, 0) is 9.59 Å². The van der Waals surface area contributed by atoms with Gasteiger partial charge in [-0.1, -0.05) is 11.6 Å². The van der Waals surface area contributed by atoms with Gasteiger partial charge in [0.05, 0.1) is 12.8 Å². The van der Waals surface area contributed by atoms with Crippen LogP contribution in [0.2, 0.25) is 0 Å². The predicted molar refractivity (Wildman–Crippen MR) is 106 cm³/mol. The maximum absolute atomic E-state index is 12.8. The Kier molecular flexibility index (Phi) is 5.01. The van der Waals surface area contributed by atoms with Gasteiger partial charge in [0.25, 0.3) is 11.8 Å². The van der Waals surface area contributed by atoms with E-state index in [1.165, 1.54) is 0 Å². The van der Waals surface area contributed by atoms with Gasteiger partial charge < -0.3 is 10.1 Å². The van der Waals surface area contributed by atoms with Crippen molar-refractivity contribution in [2.24, 2.45) is 0 Å². The third kappa shape index (κ3) is 3.36. The number of imide groups is 1. The number of ether oxygens (including phenoxy) is 1. The second-order valence-corrected chi connectivity index (χ2v) is 7.04. The smallest absolute Gasteiger partial charge is 0.283 e. The van der Waals surface area contributed by atoms with Gasteiger partial charge in [0.15, 0.2) is 0 Å². The minimum Gasteiger partial charge on any atom is -0.497 e. The van der Waals surface area contributed by atoms with Crippen molar-refractivity contribution in [3.63, 3.8) is 0 Å². The minimum atomic E-state index is -0.535. The number of anilines is 2. The van der Waals surface area contributed by atoms with Crippen LogP contribution in [0.4, 0.5) is 11.4 Å². The van der Waals surface area contributed by atoms with E-state index in [0.717, 1.165) is 14.0 Å². The van der Waals surface area contributed by atoms with Crippen molar-refractivity contribution in [2.45, 2.75) is 6.92 Å². The van der Waals surface area contributed by atoms with E-state index in [-0.39, 0.29) is 10.7 Å². The fourth-order valence-corrected chi connectivity index (χ4v) is 3.38. The van der Waals surface area contributed by atoms with Crippen molar-refractivity contribution in [3.05, 3.63) is 62.3 Å². The van der Waals surface area contributed by atoms with Gasteiger partial charge in [-0.15, -0.1) is 0 Å². The predicted octanol–water partition coefficient (Wildman–Crippen LogP) is 4.04. The molecule has 3 rings (SSSR count). The molecule has 7 heteroatoms. The molecule has 0 atom stereocenters. The zero-order valence-corrected chi connectivity index (χ0v) is 16.4. The molecule has 128 valence electrons. The molecular formula is C18H14ClIN2O3. The number of carbonyl (C=O) groups excluding carboxylic acids is 2. The van der Waals surface area contributed by atoms with E-state index in [1.807, 2.05) is 19.1 Å². The number of aryl methyl sites for hydroxylation is 1. The molecule has 1 N–H and O–H groups in total. The second-order valence-electron chi connectivity index (χ2n) is 5.42. The van der Waals surface area contributed by atoms with Gasteiger partial charge in [0.2, 0.25) is 0 Å². The van der Waals surface area contributed by atoms with Gasteiger partial charge in [-0.05, 0) is 77.5 Å². The second kappa shape index (κ2) is 7.05. The molecule has 0 saturated heterocycles. The van der Waals surface area contributed by atoms with E-state index >= 15 is 0 Å². The van der Waals surface area contributed by atoms with E-state index in [0.29, 0.717) is 17.1 Å². The molecule has 0 spiro atoms. The Morgan fingerprint density at radius 3 is 2.36 bits per heavy atom. The summed E-state index contributed by atoms with van der Waals surface area (Å²) >= 11 is 8.32. The number of hydrogen-bond donors (Lipinski definition) is 1. The Balaban J connectivity index is 1.90. The molecule has 0 aliphatic carbocycles. The van der Waals surface area contributed by atoms with Gasteiger partial charge >= 0.3 is 0 Å². The molecule has 1 heterocycles. The highest BCUT2D eigenvalue weighted by Crippen LogP contribution is 2.32. The molecule has 0 bridgehead atoms. The average molecular weight is 469 g/mol. The summed E-state index contributed by atoms with van der Waals surface area (Å²) in [5, 5.41) is 2.81. The van der Waals surface area contributed by atoms with Gasteiger partial charge in [0.1, 0.15) is 16.5 Å². The SMILES string of the molecule is COc1ccc(NC2=C(Cl)C(=O)N(c3ccc(I)cc3C)C2=O)cc1. The number of carbonyl (C=O) groups is 2. The number of nitrogens with one attached hydrogen (secondary N) is 1. The lowest BCUT2D eigenvalue weighted by atomic mass is 10.2. The molecule has 2 aromatic rings. The van der Waals surface area contributed by atoms with Crippen LogP contribution in [0.5, 0.6) is 5.75 Å². The number of methoxy groups -OCH3 is 1. The van der Waals surface area contributed by atoms with E-state index in [1.54, 1.807) is 37.4 Å². The summed E-state index contributed by atoms with van der Waals surface area (Å²) in [6, 6.07) is 12.5. The van der Waals surface area contributed by atoms with E-state index in [9.17, 15) is 9.59 Å². The fourth-order valence-electron chi connectivity index (χ4n) is 2.52. The topological polar surface area (TPSA) is 58.6 Å². The zero-order valence-electron chi connectivity index (χ0n) is 13.5. The first-order chi connectivity index (χ1) is 11.9. The summed E-state index contributed by atoms with van der Waals surface area (Å²) in [5.74, 6) is -0.322. The Morgan fingerprint density at radius 1 is 1.08 bits per heavy atom. The van der Waals surface area contributed by atoms with Crippen LogP contribution in [-0.4, -0.2) is 18.9 Å². The minimum absolute atomic E-state index is 0.0646. The Bertz CT molecular complexity index is 894. The van der Waals surface area contributed by atoms with Gasteiger partial charge in [-0.3, -0.25) is 9.59 Å². The molecule has 1 aliphatic heterocycles. The van der Waals surface area contributed by atoms with Crippen LogP contribution in [0.3, 0.4) is 0 Å². The highest BCUT2D eigenvalue weighted by Gasteiger charge is 2.39. The van der Waals surface area contributed by atoms with Gasteiger partial charge in [0, 0.05) is 9.26 Å². The van der Waals surface area contributed by atoms with Crippen LogP contribution in [0, 0.1) is 10.5 Å². The number of hydrogen-bond acceptors (Lipinski definition) is 4. The summed E-state index contributed by atoms with van der Waals surface area (Å²) in [6.07, 6.45) is 0. The van der Waals surface area contributed by atoms with Crippen LogP contribution in [0.1, 0.15) is 5.56 Å². The molecule has 2 aromatic carbocycles. The first kappa shape index (κ1) is 17.8. The normalized spacial score (nSPS) is 14.3. The standard InChI is InChI=1S/C18H14ClIN2O3/c1-10-9-11(20)3-8-14(10)22-17(23)15(19)16(18(22)24)21-12-4-6-13(25-2)7-5-12/h3-9,21H,1-2H3. The number of rotatable bonds is 4. The fraction of sp³-hybridized carbons (Fsp3) is 0.111. The van der Waals surface area contributed by atoms with Gasteiger partial charge in [-0.25, -0.2) is 4.90 Å². The van der Waals surface area contributed by atoms with Crippen molar-refractivity contribution in [3.8, 4) is 5.75 Å². The lowest BCUT2D eigenvalue weighted by molar-refractivity contribution is -0.120. The lowest BCUT2D eigenvalue weighted by Gasteiger charge is -2.17. The molecule has 25 heavy (non-hydrogen) atoms. The molecule has 0 saturated carbocycles. The lowest BCUT2D eigenvalue weighted by Crippen LogP contribution is -2.32. The van der Waals surface area contributed by atoms with Crippen molar-refractivity contribution in [1.29, 1.82) is 0 Å². The molecule has 0 unspecified atom stereocenters. The molecular weight excluding hydrogens is 455 g/mol. The Labute approximate surface area is 163 Å². The maximum atomic E-state index is 12.8. The first-order valence-corrected chi connectivity index (χ1v) is 8.84. The van der Waals surface area contributed by atoms with Crippen molar-refractivity contribution >= 4 is 57.4 Å². The van der Waals surface area contributed by atoms with Crippen molar-refractivity contribution < 1.29 is 14.3 Å². The highest BCUT2D eigenvalue weighted by molar-refractivity contribution is 14.1. The number of benzene rings is 2. The van der Waals surface area contributed by atoms with Gasteiger partial charge in [-0.2, -0.15) is 0 Å². The maximum Gasteiger partial charge on any atom is 0.283 e. The van der Waals surface area contributed by atoms with E-state index in [4.69, 9.17) is 16.3 Å². The molecule has 1 aliphatic rings. The summed E-state index contributed by atoms with van der Waals surface area (Å²) in [6.45, 7) is 1.85. The molecule has 2 amide bonds. The summed E-state index contributed by atoms with van der Waals surface area (Å²) < 4.78 is 6.12. The highest BCUT2D eigenvalue weighted by atomic mass is 127. The third-order valence-electron chi connectivity index (χ3n) is 3.79. The number of halogens is 2.